The molecule has 3 aromatic rings. The lowest BCUT2D eigenvalue weighted by Crippen LogP contribution is -2.38. The molecule has 2 heterocycles. The number of aromatic nitrogens is 3. The van der Waals surface area contributed by atoms with Gasteiger partial charge in [-0.3, -0.25) is 0 Å². The molecule has 0 fully saturated rings. The number of nitrogens with two attached hydrogens (primary N) is 1. The van der Waals surface area contributed by atoms with Gasteiger partial charge in [0.1, 0.15) is 5.82 Å². The van der Waals surface area contributed by atoms with E-state index in [1.54, 1.807) is 6.92 Å². The standard InChI is InChI=1S/C19H20F3N5O4S/c1-10-26-17(31-27-10)14-6-11(8-24-16(14)23)13-7-12(4-5-15(13)19(20,21)22)32(29,30)25-9-18(2,3)28/h4-8,25,28H,9H2,1-3H3,(H2,23,24). The summed E-state index contributed by atoms with van der Waals surface area (Å²) in [6, 6.07) is 3.65. The Morgan fingerprint density at radius 2 is 1.88 bits per heavy atom. The van der Waals surface area contributed by atoms with Gasteiger partial charge in [0.2, 0.25) is 10.0 Å². The molecule has 0 amide bonds. The third-order valence-corrected chi connectivity index (χ3v) is 5.69. The molecule has 1 aromatic carbocycles. The highest BCUT2D eigenvalue weighted by atomic mass is 32.2. The average molecular weight is 471 g/mol. The summed E-state index contributed by atoms with van der Waals surface area (Å²) in [6.07, 6.45) is -3.69. The van der Waals surface area contributed by atoms with Crippen molar-refractivity contribution >= 4 is 15.8 Å². The lowest BCUT2D eigenvalue weighted by Gasteiger charge is -2.19. The van der Waals surface area contributed by atoms with Gasteiger partial charge in [-0.05, 0) is 50.6 Å². The van der Waals surface area contributed by atoms with Crippen LogP contribution in [0.25, 0.3) is 22.6 Å². The minimum Gasteiger partial charge on any atom is -0.389 e. The average Bonchev–Trinajstić information content (AvgIpc) is 3.11. The second kappa shape index (κ2) is 8.15. The Kier molecular flexibility index (Phi) is 6.02. The van der Waals surface area contributed by atoms with Crippen LogP contribution in [-0.4, -0.2) is 40.8 Å². The Bertz CT molecular complexity index is 1250. The maximum Gasteiger partial charge on any atom is 0.417 e. The van der Waals surface area contributed by atoms with E-state index in [1.807, 2.05) is 0 Å². The second-order valence-corrected chi connectivity index (χ2v) is 9.41. The first-order valence-electron chi connectivity index (χ1n) is 9.17. The summed E-state index contributed by atoms with van der Waals surface area (Å²) < 4.78 is 73.5. The van der Waals surface area contributed by atoms with Gasteiger partial charge in [-0.15, -0.1) is 0 Å². The van der Waals surface area contributed by atoms with Crippen LogP contribution in [-0.2, 0) is 16.2 Å². The van der Waals surface area contributed by atoms with E-state index in [0.29, 0.717) is 6.07 Å². The molecule has 0 spiro atoms. The first-order valence-corrected chi connectivity index (χ1v) is 10.7. The number of hydrogen-bond acceptors (Lipinski definition) is 8. The molecule has 4 N–H and O–H groups in total. The van der Waals surface area contributed by atoms with Gasteiger partial charge < -0.3 is 15.4 Å². The van der Waals surface area contributed by atoms with Gasteiger partial charge in [0.15, 0.2) is 5.82 Å². The van der Waals surface area contributed by atoms with Crippen molar-refractivity contribution in [3.8, 4) is 22.6 Å². The number of nitrogen functional groups attached to an aromatic ring is 1. The molecule has 0 bridgehead atoms. The Labute approximate surface area is 181 Å². The van der Waals surface area contributed by atoms with Gasteiger partial charge in [0, 0.05) is 18.3 Å². The van der Waals surface area contributed by atoms with Crippen LogP contribution in [0.1, 0.15) is 25.2 Å². The molecule has 0 aliphatic rings. The zero-order valence-corrected chi connectivity index (χ0v) is 18.0. The molecule has 13 heteroatoms. The molecule has 0 aliphatic heterocycles. The van der Waals surface area contributed by atoms with E-state index in [9.17, 15) is 26.7 Å². The van der Waals surface area contributed by atoms with Crippen LogP contribution >= 0.6 is 0 Å². The largest absolute Gasteiger partial charge is 0.417 e. The first kappa shape index (κ1) is 23.6. The van der Waals surface area contributed by atoms with Gasteiger partial charge in [-0.1, -0.05) is 5.16 Å². The van der Waals surface area contributed by atoms with Crippen LogP contribution < -0.4 is 10.5 Å². The number of sulfonamides is 1. The zero-order chi connectivity index (χ0) is 23.9. The molecule has 0 atom stereocenters. The predicted octanol–water partition coefficient (Wildman–Crippen LogP) is 2.76. The van der Waals surface area contributed by atoms with Crippen LogP contribution in [0.5, 0.6) is 0 Å². The topological polar surface area (TPSA) is 144 Å². The van der Waals surface area contributed by atoms with Crippen LogP contribution in [0.2, 0.25) is 0 Å². The lowest BCUT2D eigenvalue weighted by atomic mass is 9.99. The number of anilines is 1. The Hall–Kier alpha value is -3.03. The summed E-state index contributed by atoms with van der Waals surface area (Å²) in [7, 11) is -4.22. The van der Waals surface area contributed by atoms with Gasteiger partial charge in [0.05, 0.1) is 21.6 Å². The molecule has 2 aromatic heterocycles. The first-order chi connectivity index (χ1) is 14.7. The van der Waals surface area contributed by atoms with Crippen molar-refractivity contribution in [2.24, 2.45) is 0 Å². The van der Waals surface area contributed by atoms with Crippen molar-refractivity contribution in [2.75, 3.05) is 12.3 Å². The summed E-state index contributed by atoms with van der Waals surface area (Å²) >= 11 is 0. The number of nitrogens with one attached hydrogen (secondary N) is 1. The van der Waals surface area contributed by atoms with Crippen LogP contribution in [0, 0.1) is 6.92 Å². The maximum absolute atomic E-state index is 13.7. The Morgan fingerprint density at radius 3 is 2.44 bits per heavy atom. The Balaban J connectivity index is 2.15. The van der Waals surface area contributed by atoms with E-state index in [4.69, 9.17) is 10.3 Å². The van der Waals surface area contributed by atoms with Crippen LogP contribution in [0.4, 0.5) is 19.0 Å². The number of benzene rings is 1. The van der Waals surface area contributed by atoms with E-state index in [-0.39, 0.29) is 35.2 Å². The molecular weight excluding hydrogens is 451 g/mol. The van der Waals surface area contributed by atoms with Crippen LogP contribution in [0.3, 0.4) is 0 Å². The maximum atomic E-state index is 13.7. The highest BCUT2D eigenvalue weighted by molar-refractivity contribution is 7.89. The molecule has 9 nitrogen and oxygen atoms in total. The van der Waals surface area contributed by atoms with Crippen molar-refractivity contribution < 1.29 is 31.2 Å². The molecule has 0 unspecified atom stereocenters. The van der Waals surface area contributed by atoms with Crippen molar-refractivity contribution in [1.29, 1.82) is 0 Å². The van der Waals surface area contributed by atoms with Crippen molar-refractivity contribution in [3.05, 3.63) is 41.9 Å². The molecule has 0 saturated carbocycles. The number of aryl methyl sites for hydroxylation is 1. The summed E-state index contributed by atoms with van der Waals surface area (Å²) in [6.45, 7) is 3.98. The van der Waals surface area contributed by atoms with Gasteiger partial charge in [-0.2, -0.15) is 18.2 Å². The fourth-order valence-electron chi connectivity index (χ4n) is 2.73. The number of alkyl halides is 3. The third-order valence-electron chi connectivity index (χ3n) is 4.29. The molecule has 32 heavy (non-hydrogen) atoms. The van der Waals surface area contributed by atoms with Gasteiger partial charge >= 0.3 is 6.18 Å². The third kappa shape index (κ3) is 5.23. The van der Waals surface area contributed by atoms with E-state index >= 15 is 0 Å². The van der Waals surface area contributed by atoms with E-state index < -0.39 is 37.8 Å². The van der Waals surface area contributed by atoms with Crippen molar-refractivity contribution in [1.82, 2.24) is 19.8 Å². The monoisotopic (exact) mass is 471 g/mol. The van der Waals surface area contributed by atoms with E-state index in [2.05, 4.69) is 19.8 Å². The molecular formula is C19H20F3N5O4S. The Morgan fingerprint density at radius 1 is 1.19 bits per heavy atom. The SMILES string of the molecule is Cc1noc(-c2cc(-c3cc(S(=O)(=O)NCC(C)(C)O)ccc3C(F)(F)F)cnc2N)n1. The minimum absolute atomic E-state index is 0.0430. The summed E-state index contributed by atoms with van der Waals surface area (Å²) in [5.74, 6) is 0.187. The predicted molar refractivity (Wildman–Crippen MR) is 109 cm³/mol. The van der Waals surface area contributed by atoms with Gasteiger partial charge in [0.25, 0.3) is 5.89 Å². The van der Waals surface area contributed by atoms with Crippen molar-refractivity contribution in [2.45, 2.75) is 37.4 Å². The smallest absolute Gasteiger partial charge is 0.389 e. The molecule has 0 aliphatic carbocycles. The highest BCUT2D eigenvalue weighted by Gasteiger charge is 2.35. The number of hydrogen-bond donors (Lipinski definition) is 3. The number of aliphatic hydroxyl groups is 1. The minimum atomic E-state index is -4.78. The summed E-state index contributed by atoms with van der Waals surface area (Å²) in [5.41, 5.74) is 3.00. The lowest BCUT2D eigenvalue weighted by molar-refractivity contribution is -0.137. The number of halogens is 3. The number of rotatable bonds is 6. The summed E-state index contributed by atoms with van der Waals surface area (Å²) in [5, 5.41) is 13.4. The second-order valence-electron chi connectivity index (χ2n) is 7.65. The summed E-state index contributed by atoms with van der Waals surface area (Å²) in [4.78, 5) is 7.49. The molecule has 0 saturated heterocycles. The van der Waals surface area contributed by atoms with Crippen molar-refractivity contribution in [3.63, 3.8) is 0 Å². The quantitative estimate of drug-likeness (QED) is 0.498. The van der Waals surface area contributed by atoms with E-state index in [0.717, 1.165) is 18.3 Å². The number of nitrogens with zero attached hydrogens (tertiary/aromatic N) is 3. The highest BCUT2D eigenvalue weighted by Crippen LogP contribution is 2.39. The fourth-order valence-corrected chi connectivity index (χ4v) is 3.96. The van der Waals surface area contributed by atoms with Crippen LogP contribution in [0.15, 0.2) is 39.9 Å². The molecule has 0 radical (unpaired) electrons. The number of pyridine rings is 1. The normalized spacial score (nSPS) is 12.8. The zero-order valence-electron chi connectivity index (χ0n) is 17.2. The fraction of sp³-hybridized carbons (Fsp3) is 0.316. The van der Waals surface area contributed by atoms with Gasteiger partial charge in [-0.25, -0.2) is 18.1 Å². The van der Waals surface area contributed by atoms with E-state index in [1.165, 1.54) is 19.9 Å². The molecule has 172 valence electrons. The molecule has 3 rings (SSSR count).